The number of carbonyl (C=O) groups excluding carboxylic acids is 2. The van der Waals surface area contributed by atoms with Gasteiger partial charge < -0.3 is 5.11 Å². The van der Waals surface area contributed by atoms with Gasteiger partial charge in [-0.1, -0.05) is 117 Å². The van der Waals surface area contributed by atoms with Gasteiger partial charge in [-0.25, -0.2) is 0 Å². The second-order valence-electron chi connectivity index (χ2n) is 14.2. The number of unbranched alkanes of at least 4 members (excludes halogenated alkanes) is 16. The molecule has 294 valence electrons. The Hall–Kier alpha value is -2.48. The second-order valence-corrected chi connectivity index (χ2v) is 16.2. The van der Waals surface area contributed by atoms with Crippen molar-refractivity contribution in [3.63, 3.8) is 0 Å². The van der Waals surface area contributed by atoms with Crippen LogP contribution in [0, 0.1) is 20.8 Å². The van der Waals surface area contributed by atoms with E-state index in [1.807, 2.05) is 6.07 Å². The first-order valence-electron chi connectivity index (χ1n) is 19.2. The van der Waals surface area contributed by atoms with E-state index in [1.54, 1.807) is 6.07 Å². The van der Waals surface area contributed by atoms with Gasteiger partial charge in [0, 0.05) is 56.9 Å². The summed E-state index contributed by atoms with van der Waals surface area (Å²) in [4.78, 5) is 27.7. The van der Waals surface area contributed by atoms with Crippen molar-refractivity contribution >= 4 is 19.4 Å². The number of phenols is 1. The molecule has 2 aromatic rings. The van der Waals surface area contributed by atoms with Crippen LogP contribution in [0.5, 0.6) is 5.75 Å². The summed E-state index contributed by atoms with van der Waals surface area (Å²) in [6.07, 6.45) is 22.1. The van der Waals surface area contributed by atoms with Gasteiger partial charge in [0.2, 0.25) is 0 Å². The molecule has 1 heterocycles. The van der Waals surface area contributed by atoms with E-state index in [0.717, 1.165) is 55.5 Å². The molecular weight excluding hydrogens is 687 g/mol. The van der Waals surface area contributed by atoms with Gasteiger partial charge in [-0.2, -0.15) is 4.57 Å². The summed E-state index contributed by atoms with van der Waals surface area (Å²) in [7, 11) is -10.7. The van der Waals surface area contributed by atoms with Crippen LogP contribution in [0.1, 0.15) is 198 Å². The molecule has 1 aromatic carbocycles. The van der Waals surface area contributed by atoms with Crippen molar-refractivity contribution in [2.24, 2.45) is 0 Å². The molecule has 4 nitrogen and oxygen atoms in total. The Morgan fingerprint density at radius 3 is 1.31 bits per heavy atom. The third kappa shape index (κ3) is 21.0. The third-order valence-electron chi connectivity index (χ3n) is 9.26. The maximum atomic E-state index is 14.0. The number of pyridine rings is 1. The number of hydrogen-bond donors (Lipinski definition) is 1. The van der Waals surface area contributed by atoms with Crippen LogP contribution in [0.2, 0.25) is 0 Å². The van der Waals surface area contributed by atoms with Crippen LogP contribution in [0.25, 0.3) is 0 Å². The molecule has 0 amide bonds. The second kappa shape index (κ2) is 21.3. The topological polar surface area (TPSA) is 58.2 Å². The number of halogens is 6. The molecule has 1 unspecified atom stereocenters. The number of Topliss-reactive ketones (excluding diaryl/α,β-unsaturated/α-hetero) is 2. The molecule has 1 atom stereocenters. The molecule has 0 saturated carbocycles. The standard InChI is InChI=1S/C40H63NO3.F6P/c1-7-9-11-13-15-17-19-21-23-25-36(42)39-35(34(6)41-32(4)29-31(3)30-33(41)5)27-28-38(44)40(39)37(43)26-24-22-20-18-16-14-12-10-8-2;1-7(2,3,4,5)6/h27-30,34H,7-26H2,1-6H3;/q;-1/p+1. The van der Waals surface area contributed by atoms with Gasteiger partial charge in [-0.05, 0) is 37.5 Å². The van der Waals surface area contributed by atoms with Crippen molar-refractivity contribution in [1.29, 1.82) is 0 Å². The zero-order valence-corrected chi connectivity index (χ0v) is 32.8. The molecule has 0 bridgehead atoms. The summed E-state index contributed by atoms with van der Waals surface area (Å²) in [6.45, 7) is 12.9. The van der Waals surface area contributed by atoms with Gasteiger partial charge in [0.05, 0.1) is 5.56 Å². The minimum atomic E-state index is -10.7. The monoisotopic (exact) mass is 751 g/mol. The third-order valence-corrected chi connectivity index (χ3v) is 9.26. The first kappa shape index (κ1) is 46.5. The Balaban J connectivity index is 0.00000167. The van der Waals surface area contributed by atoms with Gasteiger partial charge >= 0.3 is 33.0 Å². The molecule has 0 fully saturated rings. The predicted octanol–water partition coefficient (Wildman–Crippen LogP) is 14.8. The summed E-state index contributed by atoms with van der Waals surface area (Å²) in [6, 6.07) is 7.67. The van der Waals surface area contributed by atoms with Gasteiger partial charge in [0.25, 0.3) is 0 Å². The first-order valence-corrected chi connectivity index (χ1v) is 21.2. The van der Waals surface area contributed by atoms with E-state index in [1.165, 1.54) is 82.6 Å². The van der Waals surface area contributed by atoms with Crippen LogP contribution in [0.15, 0.2) is 24.3 Å². The number of aromatic hydroxyl groups is 1. The number of ketones is 2. The average molecular weight is 752 g/mol. The van der Waals surface area contributed by atoms with Crippen LogP contribution >= 0.6 is 7.81 Å². The Labute approximate surface area is 303 Å². The van der Waals surface area contributed by atoms with Crippen molar-refractivity contribution in [2.75, 3.05) is 0 Å². The van der Waals surface area contributed by atoms with E-state index in [-0.39, 0.29) is 28.9 Å². The molecule has 1 aromatic heterocycles. The normalized spacial score (nSPS) is 13.6. The van der Waals surface area contributed by atoms with Gasteiger partial charge in [-0.3, -0.25) is 9.59 Å². The van der Waals surface area contributed by atoms with Crippen LogP contribution in [0.4, 0.5) is 25.2 Å². The molecule has 0 aliphatic rings. The number of aromatic nitrogens is 1. The van der Waals surface area contributed by atoms with Crippen molar-refractivity contribution in [2.45, 2.75) is 176 Å². The average Bonchev–Trinajstić information content (AvgIpc) is 3.00. The summed E-state index contributed by atoms with van der Waals surface area (Å²) in [5, 5.41) is 11.0. The molecule has 0 aliphatic heterocycles. The van der Waals surface area contributed by atoms with E-state index in [9.17, 15) is 39.9 Å². The van der Waals surface area contributed by atoms with E-state index in [4.69, 9.17) is 0 Å². The van der Waals surface area contributed by atoms with E-state index >= 15 is 0 Å². The Morgan fingerprint density at radius 2 is 0.941 bits per heavy atom. The number of phenolic OH excluding ortho intramolecular Hbond substituents is 1. The number of carbonyl (C=O) groups is 2. The zero-order chi connectivity index (χ0) is 38.7. The Kier molecular flexibility index (Phi) is 19.4. The maximum absolute atomic E-state index is 14.0. The summed E-state index contributed by atoms with van der Waals surface area (Å²) >= 11 is 0. The summed E-state index contributed by atoms with van der Waals surface area (Å²) in [5.74, 6) is -0.166. The van der Waals surface area contributed by atoms with E-state index in [2.05, 4.69) is 58.2 Å². The Morgan fingerprint density at radius 1 is 0.608 bits per heavy atom. The van der Waals surface area contributed by atoms with Gasteiger partial charge in [0.15, 0.2) is 29.0 Å². The van der Waals surface area contributed by atoms with Crippen molar-refractivity contribution in [3.05, 3.63) is 57.9 Å². The number of rotatable bonds is 24. The van der Waals surface area contributed by atoms with E-state index < -0.39 is 7.81 Å². The molecule has 0 spiro atoms. The van der Waals surface area contributed by atoms with Crippen LogP contribution in [-0.2, 0) is 0 Å². The molecule has 11 heteroatoms. The minimum absolute atomic E-state index is 0.0101. The molecule has 0 aliphatic carbocycles. The summed E-state index contributed by atoms with van der Waals surface area (Å²) in [5.41, 5.74) is 4.96. The first-order chi connectivity index (χ1) is 23.7. The molecule has 1 N–H and O–H groups in total. The molecule has 51 heavy (non-hydrogen) atoms. The SMILES string of the molecule is CCCCCCCCCCCC(=O)c1c(O)ccc(C(C)[n+]2c(C)cc(C)cc2C)c1C(=O)CCCCCCCCCCC.F[P-](F)(F)(F)(F)F. The number of hydrogen-bond acceptors (Lipinski definition) is 3. The van der Waals surface area contributed by atoms with E-state index in [0.29, 0.717) is 18.4 Å². The molecule has 2 rings (SSSR count). The zero-order valence-electron chi connectivity index (χ0n) is 32.0. The van der Waals surface area contributed by atoms with Gasteiger partial charge in [-0.15, -0.1) is 0 Å². The van der Waals surface area contributed by atoms with Crippen LogP contribution in [-0.4, -0.2) is 16.7 Å². The molecule has 0 radical (unpaired) electrons. The number of aryl methyl sites for hydroxylation is 3. The molecular formula is C40H64F6NO3P. The van der Waals surface area contributed by atoms with Crippen molar-refractivity contribution in [1.82, 2.24) is 0 Å². The summed E-state index contributed by atoms with van der Waals surface area (Å²) < 4.78 is 61.4. The van der Waals surface area contributed by atoms with Crippen LogP contribution < -0.4 is 4.57 Å². The fourth-order valence-corrected chi connectivity index (χ4v) is 6.85. The quantitative estimate of drug-likeness (QED) is 0.0382. The van der Waals surface area contributed by atoms with Crippen molar-refractivity contribution < 1.29 is 44.4 Å². The number of benzene rings is 1. The fraction of sp³-hybridized carbons (Fsp3) is 0.675. The Bertz CT molecular complexity index is 1350. The fourth-order valence-electron chi connectivity index (χ4n) is 6.85. The van der Waals surface area contributed by atoms with Crippen molar-refractivity contribution in [3.8, 4) is 5.75 Å². The number of nitrogens with zero attached hydrogens (tertiary/aromatic N) is 1. The van der Waals surface area contributed by atoms with Crippen LogP contribution in [0.3, 0.4) is 0 Å². The molecule has 0 saturated heterocycles. The predicted molar refractivity (Wildman–Crippen MR) is 199 cm³/mol. The van der Waals surface area contributed by atoms with Gasteiger partial charge in [0.1, 0.15) is 5.75 Å².